The van der Waals surface area contributed by atoms with Crippen molar-refractivity contribution in [3.63, 3.8) is 0 Å². The molecule has 0 aromatic carbocycles. The SMILES string of the molecule is CCCCn1cc(CCCNCC(C)C)cn1. The normalized spacial score (nSPS) is 11.3. The van der Waals surface area contributed by atoms with Gasteiger partial charge in [0.2, 0.25) is 0 Å². The maximum atomic E-state index is 4.38. The Bertz CT molecular complexity index is 291. The lowest BCUT2D eigenvalue weighted by Gasteiger charge is -2.06. The first kappa shape index (κ1) is 14.2. The molecule has 0 aliphatic rings. The fourth-order valence-corrected chi connectivity index (χ4v) is 1.79. The summed E-state index contributed by atoms with van der Waals surface area (Å²) in [6.07, 6.45) is 8.99. The third-order valence-corrected chi connectivity index (χ3v) is 2.80. The van der Waals surface area contributed by atoms with E-state index in [4.69, 9.17) is 0 Å². The van der Waals surface area contributed by atoms with Gasteiger partial charge in [-0.2, -0.15) is 5.10 Å². The smallest absolute Gasteiger partial charge is 0.0521 e. The van der Waals surface area contributed by atoms with Crippen LogP contribution < -0.4 is 5.32 Å². The van der Waals surface area contributed by atoms with Crippen molar-refractivity contribution in [3.05, 3.63) is 18.0 Å². The molecule has 3 nitrogen and oxygen atoms in total. The first-order valence-corrected chi connectivity index (χ1v) is 6.94. The number of nitrogens with one attached hydrogen (secondary N) is 1. The highest BCUT2D eigenvalue weighted by Gasteiger charge is 1.98. The Morgan fingerprint density at radius 2 is 2.18 bits per heavy atom. The third-order valence-electron chi connectivity index (χ3n) is 2.80. The number of hydrogen-bond acceptors (Lipinski definition) is 2. The van der Waals surface area contributed by atoms with Gasteiger partial charge in [0.05, 0.1) is 6.20 Å². The monoisotopic (exact) mass is 237 g/mol. The molecule has 3 heteroatoms. The van der Waals surface area contributed by atoms with Crippen LogP contribution in [0, 0.1) is 5.92 Å². The van der Waals surface area contributed by atoms with Crippen LogP contribution in [-0.4, -0.2) is 22.9 Å². The minimum absolute atomic E-state index is 0.742. The molecule has 0 saturated heterocycles. The minimum Gasteiger partial charge on any atom is -0.316 e. The molecule has 1 rings (SSSR count). The van der Waals surface area contributed by atoms with Gasteiger partial charge in [-0.05, 0) is 43.8 Å². The van der Waals surface area contributed by atoms with Crippen LogP contribution in [0.15, 0.2) is 12.4 Å². The predicted octanol–water partition coefficient (Wildman–Crippen LogP) is 2.86. The average Bonchev–Trinajstić information content (AvgIpc) is 2.73. The van der Waals surface area contributed by atoms with Gasteiger partial charge in [0.15, 0.2) is 0 Å². The summed E-state index contributed by atoms with van der Waals surface area (Å²) in [5.74, 6) is 0.742. The maximum Gasteiger partial charge on any atom is 0.0521 e. The Morgan fingerprint density at radius 3 is 2.88 bits per heavy atom. The molecular formula is C14H27N3. The number of rotatable bonds is 9. The van der Waals surface area contributed by atoms with Crippen LogP contribution in [0.4, 0.5) is 0 Å². The van der Waals surface area contributed by atoms with Gasteiger partial charge in [0.1, 0.15) is 0 Å². The summed E-state index contributed by atoms with van der Waals surface area (Å²) >= 11 is 0. The van der Waals surface area contributed by atoms with E-state index in [0.29, 0.717) is 0 Å². The summed E-state index contributed by atoms with van der Waals surface area (Å²) < 4.78 is 2.07. The summed E-state index contributed by atoms with van der Waals surface area (Å²) in [4.78, 5) is 0. The van der Waals surface area contributed by atoms with Gasteiger partial charge in [-0.25, -0.2) is 0 Å². The van der Waals surface area contributed by atoms with Gasteiger partial charge < -0.3 is 5.32 Å². The zero-order valence-electron chi connectivity index (χ0n) is 11.6. The summed E-state index contributed by atoms with van der Waals surface area (Å²) in [5.41, 5.74) is 1.37. The highest BCUT2D eigenvalue weighted by atomic mass is 15.3. The number of aromatic nitrogens is 2. The zero-order chi connectivity index (χ0) is 12.5. The summed E-state index contributed by atoms with van der Waals surface area (Å²) in [5, 5.41) is 7.85. The average molecular weight is 237 g/mol. The largest absolute Gasteiger partial charge is 0.316 e. The molecule has 0 bridgehead atoms. The molecule has 0 amide bonds. The molecule has 1 aromatic heterocycles. The van der Waals surface area contributed by atoms with E-state index < -0.39 is 0 Å². The minimum atomic E-state index is 0.742. The van der Waals surface area contributed by atoms with Gasteiger partial charge in [-0.3, -0.25) is 4.68 Å². The van der Waals surface area contributed by atoms with E-state index in [0.717, 1.165) is 32.0 Å². The second-order valence-electron chi connectivity index (χ2n) is 5.17. The zero-order valence-corrected chi connectivity index (χ0v) is 11.6. The molecule has 98 valence electrons. The van der Waals surface area contributed by atoms with Gasteiger partial charge in [0, 0.05) is 12.7 Å². The van der Waals surface area contributed by atoms with Crippen LogP contribution in [0.2, 0.25) is 0 Å². The first-order chi connectivity index (χ1) is 8.22. The maximum absolute atomic E-state index is 4.38. The molecule has 0 spiro atoms. The van der Waals surface area contributed by atoms with E-state index in [2.05, 4.69) is 42.1 Å². The predicted molar refractivity (Wildman–Crippen MR) is 73.2 cm³/mol. The summed E-state index contributed by atoms with van der Waals surface area (Å²) in [6.45, 7) is 9.98. The van der Waals surface area contributed by atoms with Gasteiger partial charge >= 0.3 is 0 Å². The second kappa shape index (κ2) is 8.29. The van der Waals surface area contributed by atoms with E-state index >= 15 is 0 Å². The quantitative estimate of drug-likeness (QED) is 0.669. The molecule has 1 aromatic rings. The van der Waals surface area contributed by atoms with Gasteiger partial charge in [-0.15, -0.1) is 0 Å². The standard InChI is InChI=1S/C14H27N3/c1-4-5-9-17-12-14(11-16-17)7-6-8-15-10-13(2)3/h11-13,15H,4-10H2,1-3H3. The lowest BCUT2D eigenvalue weighted by molar-refractivity contribution is 0.542. The van der Waals surface area contributed by atoms with Crippen LogP contribution in [-0.2, 0) is 13.0 Å². The number of nitrogens with zero attached hydrogens (tertiary/aromatic N) is 2. The highest BCUT2D eigenvalue weighted by Crippen LogP contribution is 2.03. The molecular weight excluding hydrogens is 210 g/mol. The van der Waals surface area contributed by atoms with Crippen LogP contribution in [0.3, 0.4) is 0 Å². The van der Waals surface area contributed by atoms with Crippen molar-refractivity contribution in [1.29, 1.82) is 0 Å². The third kappa shape index (κ3) is 6.47. The molecule has 0 atom stereocenters. The molecule has 17 heavy (non-hydrogen) atoms. The van der Waals surface area contributed by atoms with Crippen LogP contribution in [0.25, 0.3) is 0 Å². The molecule has 1 heterocycles. The summed E-state index contributed by atoms with van der Waals surface area (Å²) in [6, 6.07) is 0. The lowest BCUT2D eigenvalue weighted by Crippen LogP contribution is -2.20. The Kier molecular flexibility index (Phi) is 6.94. The van der Waals surface area contributed by atoms with E-state index in [1.54, 1.807) is 0 Å². The number of unbranched alkanes of at least 4 members (excludes halogenated alkanes) is 1. The van der Waals surface area contributed by atoms with Crippen molar-refractivity contribution in [1.82, 2.24) is 15.1 Å². The first-order valence-electron chi connectivity index (χ1n) is 6.94. The molecule has 0 saturated carbocycles. The molecule has 1 N–H and O–H groups in total. The Morgan fingerprint density at radius 1 is 1.35 bits per heavy atom. The van der Waals surface area contributed by atoms with E-state index in [1.165, 1.54) is 24.8 Å². The Labute approximate surface area is 106 Å². The second-order valence-corrected chi connectivity index (χ2v) is 5.17. The van der Waals surface area contributed by atoms with Gasteiger partial charge in [-0.1, -0.05) is 27.2 Å². The van der Waals surface area contributed by atoms with Crippen molar-refractivity contribution in [2.45, 2.75) is 53.0 Å². The Hall–Kier alpha value is -0.830. The molecule has 0 radical (unpaired) electrons. The van der Waals surface area contributed by atoms with Crippen LogP contribution >= 0.6 is 0 Å². The topological polar surface area (TPSA) is 29.9 Å². The highest BCUT2D eigenvalue weighted by molar-refractivity contribution is 5.03. The van der Waals surface area contributed by atoms with E-state index in [1.807, 2.05) is 6.20 Å². The van der Waals surface area contributed by atoms with Crippen molar-refractivity contribution in [2.75, 3.05) is 13.1 Å². The van der Waals surface area contributed by atoms with Crippen molar-refractivity contribution < 1.29 is 0 Å². The van der Waals surface area contributed by atoms with E-state index in [9.17, 15) is 0 Å². The van der Waals surface area contributed by atoms with Crippen molar-refractivity contribution in [3.8, 4) is 0 Å². The molecule has 0 aliphatic carbocycles. The number of hydrogen-bond donors (Lipinski definition) is 1. The van der Waals surface area contributed by atoms with Crippen LogP contribution in [0.1, 0.15) is 45.6 Å². The summed E-state index contributed by atoms with van der Waals surface area (Å²) in [7, 11) is 0. The Balaban J connectivity index is 2.12. The van der Waals surface area contributed by atoms with E-state index in [-0.39, 0.29) is 0 Å². The molecule has 0 unspecified atom stereocenters. The van der Waals surface area contributed by atoms with Crippen molar-refractivity contribution in [2.24, 2.45) is 5.92 Å². The van der Waals surface area contributed by atoms with Crippen molar-refractivity contribution >= 4 is 0 Å². The molecule has 0 fully saturated rings. The van der Waals surface area contributed by atoms with Crippen LogP contribution in [0.5, 0.6) is 0 Å². The fraction of sp³-hybridized carbons (Fsp3) is 0.786. The number of aryl methyl sites for hydroxylation is 2. The van der Waals surface area contributed by atoms with Gasteiger partial charge in [0.25, 0.3) is 0 Å². The molecule has 0 aliphatic heterocycles. The lowest BCUT2D eigenvalue weighted by atomic mass is 10.2. The fourth-order valence-electron chi connectivity index (χ4n) is 1.79.